The number of hydrogen-bond donors (Lipinski definition) is 1. The molecule has 1 unspecified atom stereocenters. The van der Waals surface area contributed by atoms with E-state index < -0.39 is 5.60 Å². The predicted molar refractivity (Wildman–Crippen MR) is 102 cm³/mol. The lowest BCUT2D eigenvalue weighted by atomic mass is 9.87. The Balaban J connectivity index is 1.76. The number of piperazine rings is 1. The SMILES string of the molecule is CN1CCN(CC#CC(O)(Cc2ccccc2)c2ccccc2)CC1. The van der Waals surface area contributed by atoms with Crippen LogP contribution >= 0.6 is 0 Å². The van der Waals surface area contributed by atoms with Crippen LogP contribution in [0.15, 0.2) is 60.7 Å². The van der Waals surface area contributed by atoms with Crippen molar-refractivity contribution in [3.05, 3.63) is 71.8 Å². The first kappa shape index (κ1) is 17.7. The van der Waals surface area contributed by atoms with Crippen LogP contribution in [0.25, 0.3) is 0 Å². The molecule has 1 aliphatic rings. The number of aliphatic hydroxyl groups is 1. The fourth-order valence-electron chi connectivity index (χ4n) is 3.13. The van der Waals surface area contributed by atoms with E-state index in [1.54, 1.807) is 0 Å². The van der Waals surface area contributed by atoms with Gasteiger partial charge >= 0.3 is 0 Å². The molecule has 0 amide bonds. The lowest BCUT2D eigenvalue weighted by Gasteiger charge is -2.31. The molecule has 0 radical (unpaired) electrons. The summed E-state index contributed by atoms with van der Waals surface area (Å²) in [7, 11) is 2.15. The Morgan fingerprint density at radius 3 is 2.16 bits per heavy atom. The number of hydrogen-bond acceptors (Lipinski definition) is 3. The van der Waals surface area contributed by atoms with Gasteiger partial charge in [-0.15, -0.1) is 0 Å². The van der Waals surface area contributed by atoms with E-state index in [4.69, 9.17) is 0 Å². The normalized spacial score (nSPS) is 18.2. The van der Waals surface area contributed by atoms with Crippen molar-refractivity contribution in [3.8, 4) is 11.8 Å². The van der Waals surface area contributed by atoms with Gasteiger partial charge in [0.25, 0.3) is 0 Å². The first-order valence-corrected chi connectivity index (χ1v) is 8.88. The van der Waals surface area contributed by atoms with Crippen molar-refractivity contribution in [1.82, 2.24) is 9.80 Å². The lowest BCUT2D eigenvalue weighted by Crippen LogP contribution is -2.44. The van der Waals surface area contributed by atoms with Crippen LogP contribution in [0.3, 0.4) is 0 Å². The average molecular weight is 334 g/mol. The van der Waals surface area contributed by atoms with Crippen LogP contribution in [-0.4, -0.2) is 54.7 Å². The number of likely N-dealkylation sites (N-methyl/N-ethyl adjacent to an activating group) is 1. The summed E-state index contributed by atoms with van der Waals surface area (Å²) in [6.07, 6.45) is 0.494. The zero-order chi connectivity index (χ0) is 17.5. The van der Waals surface area contributed by atoms with Gasteiger partial charge in [-0.05, 0) is 18.2 Å². The van der Waals surface area contributed by atoms with Gasteiger partial charge in [0.1, 0.15) is 0 Å². The standard InChI is InChI=1S/C22H26N2O/c1-23-15-17-24(18-16-23)14-8-13-22(25,21-11-6-3-7-12-21)19-20-9-4-2-5-10-20/h2-7,9-12,25H,14-19H2,1H3. The summed E-state index contributed by atoms with van der Waals surface area (Å²) in [6, 6.07) is 19.8. The van der Waals surface area contributed by atoms with Gasteiger partial charge in [0.15, 0.2) is 5.60 Å². The molecule has 0 aliphatic carbocycles. The van der Waals surface area contributed by atoms with Crippen LogP contribution in [0, 0.1) is 11.8 Å². The van der Waals surface area contributed by atoms with Crippen LogP contribution in [0.2, 0.25) is 0 Å². The minimum Gasteiger partial charge on any atom is -0.373 e. The third kappa shape index (κ3) is 4.93. The molecule has 1 atom stereocenters. The van der Waals surface area contributed by atoms with Crippen LogP contribution < -0.4 is 0 Å². The van der Waals surface area contributed by atoms with Gasteiger partial charge in [-0.3, -0.25) is 4.90 Å². The van der Waals surface area contributed by atoms with E-state index in [0.29, 0.717) is 13.0 Å². The Morgan fingerprint density at radius 2 is 1.52 bits per heavy atom. The zero-order valence-corrected chi connectivity index (χ0v) is 14.9. The maximum Gasteiger partial charge on any atom is 0.154 e. The highest BCUT2D eigenvalue weighted by molar-refractivity contribution is 5.35. The number of rotatable bonds is 4. The summed E-state index contributed by atoms with van der Waals surface area (Å²) in [4.78, 5) is 4.68. The summed E-state index contributed by atoms with van der Waals surface area (Å²) < 4.78 is 0. The van der Waals surface area contributed by atoms with Crippen molar-refractivity contribution in [2.45, 2.75) is 12.0 Å². The minimum atomic E-state index is -1.16. The van der Waals surface area contributed by atoms with Gasteiger partial charge in [0.2, 0.25) is 0 Å². The minimum absolute atomic E-state index is 0.494. The van der Waals surface area contributed by atoms with Crippen LogP contribution in [0.4, 0.5) is 0 Å². The molecule has 3 nitrogen and oxygen atoms in total. The molecule has 130 valence electrons. The van der Waals surface area contributed by atoms with Gasteiger partial charge in [-0.1, -0.05) is 72.5 Å². The lowest BCUT2D eigenvalue weighted by molar-refractivity contribution is 0.100. The van der Waals surface area contributed by atoms with Crippen LogP contribution in [0.5, 0.6) is 0 Å². The molecule has 2 aromatic rings. The van der Waals surface area contributed by atoms with Gasteiger partial charge in [0.05, 0.1) is 6.54 Å². The maximum absolute atomic E-state index is 11.3. The van der Waals surface area contributed by atoms with E-state index in [2.05, 4.69) is 28.7 Å². The second-order valence-electron chi connectivity index (χ2n) is 6.77. The Hall–Kier alpha value is -2.12. The largest absolute Gasteiger partial charge is 0.373 e. The van der Waals surface area contributed by atoms with E-state index in [1.165, 1.54) is 0 Å². The molecule has 0 spiro atoms. The molecule has 0 bridgehead atoms. The van der Waals surface area contributed by atoms with Crippen molar-refractivity contribution in [1.29, 1.82) is 0 Å². The summed E-state index contributed by atoms with van der Waals surface area (Å²) in [6.45, 7) is 4.93. The molecule has 25 heavy (non-hydrogen) atoms. The van der Waals surface area contributed by atoms with E-state index >= 15 is 0 Å². The molecule has 1 saturated heterocycles. The molecule has 1 N–H and O–H groups in total. The molecule has 0 saturated carbocycles. The van der Waals surface area contributed by atoms with Gasteiger partial charge in [0, 0.05) is 32.6 Å². The molecule has 3 rings (SSSR count). The summed E-state index contributed by atoms with van der Waals surface area (Å²) in [5.74, 6) is 6.41. The van der Waals surface area contributed by atoms with Crippen molar-refractivity contribution < 1.29 is 5.11 Å². The Kier molecular flexibility index (Phi) is 5.88. The van der Waals surface area contributed by atoms with Crippen LogP contribution in [-0.2, 0) is 12.0 Å². The van der Waals surface area contributed by atoms with Crippen molar-refractivity contribution in [2.75, 3.05) is 39.8 Å². The molecule has 1 aliphatic heterocycles. The molecule has 1 fully saturated rings. The topological polar surface area (TPSA) is 26.7 Å². The smallest absolute Gasteiger partial charge is 0.154 e. The predicted octanol–water partition coefficient (Wildman–Crippen LogP) is 2.37. The number of benzene rings is 2. The monoisotopic (exact) mass is 334 g/mol. The second kappa shape index (κ2) is 8.31. The first-order valence-electron chi connectivity index (χ1n) is 8.88. The van der Waals surface area contributed by atoms with Crippen LogP contribution in [0.1, 0.15) is 11.1 Å². The highest BCUT2D eigenvalue weighted by Gasteiger charge is 2.27. The fraction of sp³-hybridized carbons (Fsp3) is 0.364. The Labute approximate surface area is 150 Å². The van der Waals surface area contributed by atoms with Crippen molar-refractivity contribution >= 4 is 0 Å². The van der Waals surface area contributed by atoms with E-state index in [9.17, 15) is 5.11 Å². The van der Waals surface area contributed by atoms with E-state index in [0.717, 1.165) is 37.3 Å². The van der Waals surface area contributed by atoms with Gasteiger partial charge in [-0.25, -0.2) is 0 Å². The third-order valence-corrected chi connectivity index (χ3v) is 4.75. The second-order valence-corrected chi connectivity index (χ2v) is 6.77. The van der Waals surface area contributed by atoms with Crippen molar-refractivity contribution in [2.24, 2.45) is 0 Å². The third-order valence-electron chi connectivity index (χ3n) is 4.75. The maximum atomic E-state index is 11.3. The van der Waals surface area contributed by atoms with Gasteiger partial charge < -0.3 is 10.0 Å². The highest BCUT2D eigenvalue weighted by atomic mass is 16.3. The molecule has 1 heterocycles. The number of nitrogens with zero attached hydrogens (tertiary/aromatic N) is 2. The average Bonchev–Trinajstić information content (AvgIpc) is 2.65. The molecule has 2 aromatic carbocycles. The molecule has 3 heteroatoms. The fourth-order valence-corrected chi connectivity index (χ4v) is 3.13. The summed E-state index contributed by atoms with van der Waals surface area (Å²) in [5.41, 5.74) is 0.780. The van der Waals surface area contributed by atoms with Gasteiger partial charge in [-0.2, -0.15) is 0 Å². The quantitative estimate of drug-likeness (QED) is 0.870. The zero-order valence-electron chi connectivity index (χ0n) is 14.9. The Bertz CT molecular complexity index is 712. The Morgan fingerprint density at radius 1 is 0.920 bits per heavy atom. The van der Waals surface area contributed by atoms with E-state index in [-0.39, 0.29) is 0 Å². The van der Waals surface area contributed by atoms with Crippen molar-refractivity contribution in [3.63, 3.8) is 0 Å². The highest BCUT2D eigenvalue weighted by Crippen LogP contribution is 2.25. The molecular formula is C22H26N2O. The summed E-state index contributed by atoms with van der Waals surface area (Å²) >= 11 is 0. The summed E-state index contributed by atoms with van der Waals surface area (Å²) in [5, 5.41) is 11.3. The first-order chi connectivity index (χ1) is 12.2. The molecular weight excluding hydrogens is 308 g/mol. The molecule has 0 aromatic heterocycles. The van der Waals surface area contributed by atoms with E-state index in [1.807, 2.05) is 60.7 Å².